The molecule has 53 heavy (non-hydrogen) atoms. The van der Waals surface area contributed by atoms with Gasteiger partial charge in [-0.15, -0.1) is 0 Å². The third kappa shape index (κ3) is 5.60. The molecule has 0 saturated heterocycles. The van der Waals surface area contributed by atoms with Crippen LogP contribution in [0.1, 0.15) is 40.8 Å². The molecule has 0 radical (unpaired) electrons. The Morgan fingerprint density at radius 2 is 1.32 bits per heavy atom. The summed E-state index contributed by atoms with van der Waals surface area (Å²) in [6.45, 7) is 1.95. The van der Waals surface area contributed by atoms with Crippen molar-refractivity contribution < 1.29 is 8.78 Å². The lowest BCUT2D eigenvalue weighted by molar-refractivity contribution is 0.624. The van der Waals surface area contributed by atoms with Crippen LogP contribution in [-0.4, -0.2) is 15.0 Å². The lowest BCUT2D eigenvalue weighted by atomic mass is 9.98. The summed E-state index contributed by atoms with van der Waals surface area (Å²) in [6, 6.07) is 44.0. The maximum atomic E-state index is 14.5. The molecule has 254 valence electrons. The Hall–Kier alpha value is -6.97. The number of halogens is 2. The van der Waals surface area contributed by atoms with Crippen molar-refractivity contribution in [3.63, 3.8) is 0 Å². The fourth-order valence-electron chi connectivity index (χ4n) is 7.46. The number of nitrogens with two attached hydrogens (primary N) is 1. The van der Waals surface area contributed by atoms with Crippen molar-refractivity contribution in [3.05, 3.63) is 197 Å². The maximum Gasteiger partial charge on any atom is 0.131 e. The molecule has 0 bridgehead atoms. The second-order valence-corrected chi connectivity index (χ2v) is 13.2. The molecular formula is C47H32F2N4. The number of fused-ring (bicyclic) bond motifs is 7. The second-order valence-electron chi connectivity index (χ2n) is 13.2. The van der Waals surface area contributed by atoms with E-state index in [1.807, 2.05) is 55.5 Å². The lowest BCUT2D eigenvalue weighted by Gasteiger charge is -2.14. The molecule has 9 rings (SSSR count). The Kier molecular flexibility index (Phi) is 7.83. The van der Waals surface area contributed by atoms with Gasteiger partial charge in [0.1, 0.15) is 17.5 Å². The highest BCUT2D eigenvalue weighted by atomic mass is 19.1. The number of nitrogens with zero attached hydrogens (tertiary/aromatic N) is 3. The largest absolute Gasteiger partial charge is 0.383 e. The van der Waals surface area contributed by atoms with Gasteiger partial charge in [0.15, 0.2) is 0 Å². The summed E-state index contributed by atoms with van der Waals surface area (Å²) in [7, 11) is 0. The topological polar surface area (TPSA) is 48.2 Å². The van der Waals surface area contributed by atoms with Gasteiger partial charge in [0.05, 0.1) is 27.9 Å². The van der Waals surface area contributed by atoms with Crippen LogP contribution in [0.3, 0.4) is 0 Å². The first-order chi connectivity index (χ1) is 25.9. The Morgan fingerprint density at radius 3 is 2.15 bits per heavy atom. The lowest BCUT2D eigenvalue weighted by Crippen LogP contribution is -2.14. The number of hydrogen-bond acceptors (Lipinski definition) is 1. The summed E-state index contributed by atoms with van der Waals surface area (Å²) < 4.78 is 33.3. The number of para-hydroxylation sites is 2. The number of hydrogen-bond donors (Lipinski definition) is 1. The number of aromatic nitrogens is 2. The molecule has 2 N–H and O–H groups in total. The summed E-state index contributed by atoms with van der Waals surface area (Å²) in [4.78, 5) is 4.90. The average molecular weight is 691 g/mol. The molecule has 0 saturated carbocycles. The van der Waals surface area contributed by atoms with Gasteiger partial charge in [0.2, 0.25) is 0 Å². The van der Waals surface area contributed by atoms with Crippen molar-refractivity contribution in [2.75, 3.05) is 0 Å². The summed E-state index contributed by atoms with van der Waals surface area (Å²) in [5.74, 6) is -0.673. The van der Waals surface area contributed by atoms with E-state index in [0.29, 0.717) is 16.8 Å². The zero-order valence-electron chi connectivity index (χ0n) is 28.8. The number of aliphatic imine (C=N–C) groups is 1. The molecule has 2 aromatic heterocycles. The second kappa shape index (κ2) is 13.0. The van der Waals surface area contributed by atoms with Crippen molar-refractivity contribution in [3.8, 4) is 11.4 Å². The van der Waals surface area contributed by atoms with Gasteiger partial charge in [-0.2, -0.15) is 0 Å². The zero-order valence-corrected chi connectivity index (χ0v) is 28.8. The van der Waals surface area contributed by atoms with E-state index < -0.39 is 0 Å². The maximum absolute atomic E-state index is 14.5. The summed E-state index contributed by atoms with van der Waals surface area (Å²) in [5, 5.41) is 3.40. The standard InChI is InChI=1S/C47H32F2N4/c1-30(31-12-9-15-34(48)27-31)26-42(32-13-10-16-35(49)28-32)51-47(50)33-14-11-19-37(29-33)53-44-23-8-6-21-39(44)41-25-24-40-38-20-5-7-22-43(38)52(45(40)46(41)53)36-17-3-2-4-18-36/h2-5,7,9-30H,1H3,(H2,50,51)/b42-26-. The molecule has 4 nitrogen and oxygen atoms in total. The Labute approximate surface area is 305 Å². The highest BCUT2D eigenvalue weighted by Gasteiger charge is 2.23. The molecule has 1 atom stereocenters. The Balaban J connectivity index is 1.25. The van der Waals surface area contributed by atoms with Crippen LogP contribution in [0.2, 0.25) is 0 Å². The summed E-state index contributed by atoms with van der Waals surface area (Å²) >= 11 is 0. The van der Waals surface area contributed by atoms with Crippen molar-refractivity contribution in [2.45, 2.75) is 12.8 Å². The number of benzene rings is 6. The van der Waals surface area contributed by atoms with Crippen LogP contribution in [-0.2, 0) is 0 Å². The molecular weight excluding hydrogens is 659 g/mol. The normalized spacial score (nSPS) is 13.3. The molecule has 1 aliphatic rings. The highest BCUT2D eigenvalue weighted by Crippen LogP contribution is 2.42. The molecule has 0 amide bonds. The van der Waals surface area contributed by atoms with Gasteiger partial charge in [0.25, 0.3) is 0 Å². The monoisotopic (exact) mass is 690 g/mol. The van der Waals surface area contributed by atoms with Crippen LogP contribution < -0.4 is 5.73 Å². The Bertz CT molecular complexity index is 2910. The van der Waals surface area contributed by atoms with E-state index in [9.17, 15) is 8.78 Å². The van der Waals surface area contributed by atoms with Crippen LogP contribution in [0.5, 0.6) is 0 Å². The van der Waals surface area contributed by atoms with E-state index in [1.165, 1.54) is 24.3 Å². The first kappa shape index (κ1) is 32.0. The van der Waals surface area contributed by atoms with Gasteiger partial charge in [-0.1, -0.05) is 109 Å². The van der Waals surface area contributed by atoms with Crippen LogP contribution in [0, 0.1) is 11.6 Å². The molecule has 1 unspecified atom stereocenters. The van der Waals surface area contributed by atoms with Crippen LogP contribution in [0.15, 0.2) is 162 Å². The fraction of sp³-hybridized carbons (Fsp3) is 0.0426. The molecule has 6 heteroatoms. The third-order valence-electron chi connectivity index (χ3n) is 9.91. The number of rotatable bonds is 7. The summed E-state index contributed by atoms with van der Waals surface area (Å²) in [6.07, 6.45) is 5.85. The molecule has 0 spiro atoms. The molecule has 0 fully saturated rings. The van der Waals surface area contributed by atoms with E-state index >= 15 is 0 Å². The first-order valence-electron chi connectivity index (χ1n) is 17.5. The Morgan fingerprint density at radius 1 is 0.642 bits per heavy atom. The van der Waals surface area contributed by atoms with Gasteiger partial charge < -0.3 is 14.9 Å². The van der Waals surface area contributed by atoms with E-state index in [-0.39, 0.29) is 23.4 Å². The van der Waals surface area contributed by atoms with E-state index in [0.717, 1.165) is 60.9 Å². The smallest absolute Gasteiger partial charge is 0.131 e. The van der Waals surface area contributed by atoms with Gasteiger partial charge in [-0.3, -0.25) is 0 Å². The van der Waals surface area contributed by atoms with E-state index in [2.05, 4.69) is 87.3 Å². The van der Waals surface area contributed by atoms with Crippen molar-refractivity contribution in [1.82, 2.24) is 9.13 Å². The average Bonchev–Trinajstić information content (AvgIpc) is 3.71. The van der Waals surface area contributed by atoms with E-state index in [1.54, 1.807) is 18.2 Å². The number of amidine groups is 1. The SMILES string of the molecule is CC(/C=C(\N=C(N)c1cccc(-n2c3c(c4ccc5c6ccccc6n(-c6ccccc6)c5c42)C=C=C=C3)c1)c1cccc(F)c1)c1cccc(F)c1. The molecule has 2 heterocycles. The predicted octanol–water partition coefficient (Wildman–Crippen LogP) is 11.3. The molecule has 1 aliphatic carbocycles. The van der Waals surface area contributed by atoms with Gasteiger partial charge >= 0.3 is 0 Å². The minimum Gasteiger partial charge on any atom is -0.383 e. The van der Waals surface area contributed by atoms with Crippen LogP contribution in [0.25, 0.3) is 61.9 Å². The van der Waals surface area contributed by atoms with Crippen molar-refractivity contribution in [1.29, 1.82) is 0 Å². The summed E-state index contributed by atoms with van der Waals surface area (Å²) in [5.41, 5.74) is 22.9. The van der Waals surface area contributed by atoms with Crippen LogP contribution in [0.4, 0.5) is 8.78 Å². The zero-order chi connectivity index (χ0) is 36.1. The minimum absolute atomic E-state index is 0.226. The van der Waals surface area contributed by atoms with Crippen molar-refractivity contribution >= 4 is 56.4 Å². The fourth-order valence-corrected chi connectivity index (χ4v) is 7.46. The molecule has 8 aromatic rings. The molecule has 0 aliphatic heterocycles. The minimum atomic E-state index is -0.387. The predicted molar refractivity (Wildman–Crippen MR) is 213 cm³/mol. The van der Waals surface area contributed by atoms with E-state index in [4.69, 9.17) is 10.7 Å². The van der Waals surface area contributed by atoms with Gasteiger partial charge in [0, 0.05) is 56.2 Å². The van der Waals surface area contributed by atoms with Crippen molar-refractivity contribution in [2.24, 2.45) is 10.7 Å². The van der Waals surface area contributed by atoms with Gasteiger partial charge in [-0.05, 0) is 66.2 Å². The first-order valence-corrected chi connectivity index (χ1v) is 17.5. The number of allylic oxidation sites excluding steroid dienone is 1. The quantitative estimate of drug-likeness (QED) is 0.101. The highest BCUT2D eigenvalue weighted by molar-refractivity contribution is 6.20. The van der Waals surface area contributed by atoms with Gasteiger partial charge in [-0.25, -0.2) is 13.8 Å². The molecule has 6 aromatic carbocycles. The third-order valence-corrected chi connectivity index (χ3v) is 9.91. The van der Waals surface area contributed by atoms with Crippen LogP contribution >= 0.6 is 0 Å².